The molecule has 6 nitrogen and oxygen atoms in total. The first-order chi connectivity index (χ1) is 11.5. The molecule has 24 heavy (non-hydrogen) atoms. The van der Waals surface area contributed by atoms with E-state index in [2.05, 4.69) is 10.5 Å². The molecular formula is C16H14Cl2N2O4. The molecule has 0 heterocycles. The fourth-order valence-electron chi connectivity index (χ4n) is 1.75. The molecule has 0 aromatic heterocycles. The number of amides is 1. The molecule has 126 valence electrons. The summed E-state index contributed by atoms with van der Waals surface area (Å²) in [5, 5.41) is 14.2. The van der Waals surface area contributed by atoms with Crippen LogP contribution in [0, 0.1) is 0 Å². The van der Waals surface area contributed by atoms with Crippen LogP contribution in [0.4, 0.5) is 0 Å². The summed E-state index contributed by atoms with van der Waals surface area (Å²) in [6.07, 6.45) is 1.29. The quantitative estimate of drug-likeness (QED) is 0.605. The fourth-order valence-corrected chi connectivity index (χ4v) is 2.10. The van der Waals surface area contributed by atoms with Crippen molar-refractivity contribution >= 4 is 35.3 Å². The highest BCUT2D eigenvalue weighted by molar-refractivity contribution is 6.42. The maximum Gasteiger partial charge on any atom is 0.277 e. The van der Waals surface area contributed by atoms with Crippen molar-refractivity contribution < 1.29 is 19.4 Å². The summed E-state index contributed by atoms with van der Waals surface area (Å²) in [7, 11) is 1.44. The average Bonchev–Trinajstić information content (AvgIpc) is 2.58. The van der Waals surface area contributed by atoms with Crippen LogP contribution in [0.15, 0.2) is 41.5 Å². The SMILES string of the molecule is COc1cccc(/C=N\NC(=O)COc2cccc(Cl)c2Cl)c1O. The van der Waals surface area contributed by atoms with Gasteiger partial charge in [-0.2, -0.15) is 5.10 Å². The van der Waals surface area contributed by atoms with E-state index in [1.807, 2.05) is 0 Å². The van der Waals surface area contributed by atoms with Gasteiger partial charge in [-0.1, -0.05) is 35.3 Å². The number of phenols is 1. The number of nitrogens with zero attached hydrogens (tertiary/aromatic N) is 1. The van der Waals surface area contributed by atoms with Gasteiger partial charge in [-0.25, -0.2) is 5.43 Å². The van der Waals surface area contributed by atoms with E-state index in [0.29, 0.717) is 22.1 Å². The van der Waals surface area contributed by atoms with Crippen molar-refractivity contribution in [3.8, 4) is 17.2 Å². The topological polar surface area (TPSA) is 80.2 Å². The van der Waals surface area contributed by atoms with Crippen LogP contribution in [0.25, 0.3) is 0 Å². The molecule has 0 spiro atoms. The summed E-state index contributed by atoms with van der Waals surface area (Å²) < 4.78 is 10.2. The Bertz CT molecular complexity index is 766. The molecule has 0 aliphatic rings. The monoisotopic (exact) mass is 368 g/mol. The minimum Gasteiger partial charge on any atom is -0.504 e. The van der Waals surface area contributed by atoms with Gasteiger partial charge in [0.1, 0.15) is 10.8 Å². The van der Waals surface area contributed by atoms with E-state index in [-0.39, 0.29) is 17.4 Å². The fraction of sp³-hybridized carbons (Fsp3) is 0.125. The van der Waals surface area contributed by atoms with Crippen molar-refractivity contribution in [3.63, 3.8) is 0 Å². The predicted molar refractivity (Wildman–Crippen MR) is 92.4 cm³/mol. The lowest BCUT2D eigenvalue weighted by atomic mass is 10.2. The molecule has 1 amide bonds. The highest BCUT2D eigenvalue weighted by Gasteiger charge is 2.08. The Kier molecular flexibility index (Phi) is 6.28. The third-order valence-electron chi connectivity index (χ3n) is 2.92. The zero-order valence-corrected chi connectivity index (χ0v) is 14.1. The van der Waals surface area contributed by atoms with Crippen LogP contribution in [-0.2, 0) is 4.79 Å². The number of aromatic hydroxyl groups is 1. The Morgan fingerprint density at radius 2 is 1.96 bits per heavy atom. The average molecular weight is 369 g/mol. The number of ether oxygens (including phenoxy) is 2. The minimum atomic E-state index is -0.496. The lowest BCUT2D eigenvalue weighted by Crippen LogP contribution is -2.24. The van der Waals surface area contributed by atoms with Gasteiger partial charge in [-0.15, -0.1) is 0 Å². The second-order valence-corrected chi connectivity index (χ2v) is 5.32. The third-order valence-corrected chi connectivity index (χ3v) is 3.72. The third kappa shape index (κ3) is 4.53. The summed E-state index contributed by atoms with van der Waals surface area (Å²) in [4.78, 5) is 11.7. The van der Waals surface area contributed by atoms with Crippen molar-refractivity contribution in [3.05, 3.63) is 52.0 Å². The molecule has 0 aliphatic heterocycles. The van der Waals surface area contributed by atoms with Gasteiger partial charge in [0.05, 0.1) is 18.3 Å². The Labute approximate surface area is 148 Å². The van der Waals surface area contributed by atoms with Crippen LogP contribution in [0.2, 0.25) is 10.0 Å². The molecule has 0 fully saturated rings. The van der Waals surface area contributed by atoms with Crippen molar-refractivity contribution in [2.45, 2.75) is 0 Å². The molecular weight excluding hydrogens is 355 g/mol. The second kappa shape index (κ2) is 8.42. The summed E-state index contributed by atoms with van der Waals surface area (Å²) in [6.45, 7) is -0.290. The number of rotatable bonds is 6. The van der Waals surface area contributed by atoms with Gasteiger partial charge in [0.15, 0.2) is 18.1 Å². The van der Waals surface area contributed by atoms with Gasteiger partial charge < -0.3 is 14.6 Å². The number of hydrogen-bond donors (Lipinski definition) is 2. The lowest BCUT2D eigenvalue weighted by molar-refractivity contribution is -0.123. The first kappa shape index (κ1) is 17.9. The number of benzene rings is 2. The van der Waals surface area contributed by atoms with Gasteiger partial charge >= 0.3 is 0 Å². The molecule has 0 bridgehead atoms. The summed E-state index contributed by atoms with van der Waals surface area (Å²) in [6, 6.07) is 9.78. The minimum absolute atomic E-state index is 0.0695. The Morgan fingerprint density at radius 1 is 1.25 bits per heavy atom. The number of nitrogens with one attached hydrogen (secondary N) is 1. The highest BCUT2D eigenvalue weighted by atomic mass is 35.5. The van der Waals surface area contributed by atoms with E-state index in [1.165, 1.54) is 13.3 Å². The summed E-state index contributed by atoms with van der Waals surface area (Å²) >= 11 is 11.8. The lowest BCUT2D eigenvalue weighted by Gasteiger charge is -2.07. The maximum atomic E-state index is 11.7. The van der Waals surface area contributed by atoms with E-state index in [9.17, 15) is 9.90 Å². The Morgan fingerprint density at radius 3 is 2.71 bits per heavy atom. The smallest absolute Gasteiger partial charge is 0.277 e. The van der Waals surface area contributed by atoms with E-state index < -0.39 is 5.91 Å². The van der Waals surface area contributed by atoms with E-state index in [1.54, 1.807) is 36.4 Å². The molecule has 2 N–H and O–H groups in total. The number of phenolic OH excluding ortho intramolecular Hbond substituents is 1. The standard InChI is InChI=1S/C16H14Cl2N2O4/c1-23-13-7-2-4-10(16(13)22)8-19-20-14(21)9-24-12-6-3-5-11(17)15(12)18/h2-8,22H,9H2,1H3,(H,20,21)/b19-8-. The largest absolute Gasteiger partial charge is 0.504 e. The van der Waals surface area contributed by atoms with Gasteiger partial charge in [0, 0.05) is 5.56 Å². The summed E-state index contributed by atoms with van der Waals surface area (Å²) in [5.41, 5.74) is 2.67. The van der Waals surface area contributed by atoms with Gasteiger partial charge in [0.25, 0.3) is 5.91 Å². The number of para-hydroxylation sites is 1. The highest BCUT2D eigenvalue weighted by Crippen LogP contribution is 2.31. The Hall–Kier alpha value is -2.44. The van der Waals surface area contributed by atoms with Crippen molar-refractivity contribution in [1.29, 1.82) is 0 Å². The molecule has 2 aromatic carbocycles. The number of methoxy groups -OCH3 is 1. The number of hydrazone groups is 1. The van der Waals surface area contributed by atoms with Gasteiger partial charge in [-0.05, 0) is 24.3 Å². The number of hydrogen-bond acceptors (Lipinski definition) is 5. The molecule has 0 radical (unpaired) electrons. The second-order valence-electron chi connectivity index (χ2n) is 4.53. The Balaban J connectivity index is 1.90. The molecule has 0 unspecified atom stereocenters. The van der Waals surface area contributed by atoms with Crippen LogP contribution in [0.1, 0.15) is 5.56 Å². The van der Waals surface area contributed by atoms with Crippen molar-refractivity contribution in [2.75, 3.05) is 13.7 Å². The van der Waals surface area contributed by atoms with Crippen molar-refractivity contribution in [1.82, 2.24) is 5.43 Å². The zero-order chi connectivity index (χ0) is 17.5. The maximum absolute atomic E-state index is 11.7. The zero-order valence-electron chi connectivity index (χ0n) is 12.6. The molecule has 2 rings (SSSR count). The number of halogens is 2. The first-order valence-corrected chi connectivity index (χ1v) is 7.53. The van der Waals surface area contributed by atoms with E-state index in [0.717, 1.165) is 0 Å². The van der Waals surface area contributed by atoms with Gasteiger partial charge in [-0.3, -0.25) is 4.79 Å². The molecule has 0 saturated heterocycles. The molecule has 0 aliphatic carbocycles. The van der Waals surface area contributed by atoms with Crippen LogP contribution < -0.4 is 14.9 Å². The molecule has 0 saturated carbocycles. The molecule has 2 aromatic rings. The van der Waals surface area contributed by atoms with Crippen LogP contribution in [0.3, 0.4) is 0 Å². The van der Waals surface area contributed by atoms with E-state index in [4.69, 9.17) is 32.7 Å². The van der Waals surface area contributed by atoms with Crippen molar-refractivity contribution in [2.24, 2.45) is 5.10 Å². The molecule has 8 heteroatoms. The normalized spacial score (nSPS) is 10.6. The first-order valence-electron chi connectivity index (χ1n) is 6.77. The van der Waals surface area contributed by atoms with Crippen LogP contribution in [0.5, 0.6) is 17.2 Å². The van der Waals surface area contributed by atoms with Crippen LogP contribution in [-0.4, -0.2) is 30.9 Å². The number of carbonyl (C=O) groups excluding carboxylic acids is 1. The van der Waals surface area contributed by atoms with Gasteiger partial charge in [0.2, 0.25) is 0 Å². The summed E-state index contributed by atoms with van der Waals surface area (Å²) in [5.74, 6) is 0.0441. The predicted octanol–water partition coefficient (Wildman–Crippen LogP) is 3.24. The number of carbonyl (C=O) groups is 1. The van der Waals surface area contributed by atoms with Crippen LogP contribution >= 0.6 is 23.2 Å². The van der Waals surface area contributed by atoms with E-state index >= 15 is 0 Å². The molecule has 0 atom stereocenters.